The first-order valence-corrected chi connectivity index (χ1v) is 3.72. The quantitative estimate of drug-likeness (QED) is 0.284. The van der Waals surface area contributed by atoms with Crippen molar-refractivity contribution in [3.8, 4) is 0 Å². The second-order valence-electron chi connectivity index (χ2n) is 2.88. The first-order valence-electron chi connectivity index (χ1n) is 3.72. The molecular weight excluding hydrogens is 192 g/mol. The molecule has 7 nitrogen and oxygen atoms in total. The van der Waals surface area contributed by atoms with Crippen LogP contribution in [0.4, 0.5) is 0 Å². The lowest BCUT2D eigenvalue weighted by Crippen LogP contribution is -2.52. The van der Waals surface area contributed by atoms with Gasteiger partial charge in [0.2, 0.25) is 0 Å². The van der Waals surface area contributed by atoms with Crippen molar-refractivity contribution in [1.82, 2.24) is 5.01 Å². The van der Waals surface area contributed by atoms with Crippen molar-refractivity contribution in [2.45, 2.75) is 13.0 Å². The van der Waals surface area contributed by atoms with Gasteiger partial charge in [-0.15, -0.1) is 0 Å². The molecular formula is C7H12N2O5. The highest BCUT2D eigenvalue weighted by Crippen LogP contribution is 2.10. The maximum Gasteiger partial charge on any atom is 0.323 e. The van der Waals surface area contributed by atoms with E-state index in [0.29, 0.717) is 5.01 Å². The summed E-state index contributed by atoms with van der Waals surface area (Å²) in [5.74, 6) is -0.192. The van der Waals surface area contributed by atoms with Crippen LogP contribution >= 0.6 is 0 Å². The molecule has 14 heavy (non-hydrogen) atoms. The largest absolute Gasteiger partial charge is 0.481 e. The summed E-state index contributed by atoms with van der Waals surface area (Å²) in [6.07, 6.45) is 0. The zero-order valence-electron chi connectivity index (χ0n) is 7.80. The summed E-state index contributed by atoms with van der Waals surface area (Å²) >= 11 is 0. The maximum atomic E-state index is 10.9. The molecule has 0 aromatic carbocycles. The summed E-state index contributed by atoms with van der Waals surface area (Å²) in [7, 11) is 1.19. The molecule has 4 N–H and O–H groups in total. The number of likely N-dealkylation sites (N-methyl/N-ethyl adjacent to an activating group) is 1. The van der Waals surface area contributed by atoms with Gasteiger partial charge in [0.1, 0.15) is 17.7 Å². The van der Waals surface area contributed by atoms with Gasteiger partial charge < -0.3 is 10.2 Å². The Labute approximate surface area is 80.1 Å². The number of hydrogen-bond acceptors (Lipinski definition) is 5. The first-order chi connectivity index (χ1) is 6.29. The number of Topliss-reactive ketones (excluding diaryl/α,β-unsaturated/α-hetero) is 1. The number of carbonyl (C=O) groups is 3. The third kappa shape index (κ3) is 2.79. The van der Waals surface area contributed by atoms with Crippen LogP contribution in [0.5, 0.6) is 0 Å². The predicted molar refractivity (Wildman–Crippen MR) is 45.2 cm³/mol. The van der Waals surface area contributed by atoms with E-state index in [-0.39, 0.29) is 0 Å². The molecule has 0 saturated heterocycles. The van der Waals surface area contributed by atoms with E-state index in [2.05, 4.69) is 0 Å². The van der Waals surface area contributed by atoms with Crippen LogP contribution in [0.15, 0.2) is 0 Å². The van der Waals surface area contributed by atoms with Gasteiger partial charge in [-0.3, -0.25) is 20.2 Å². The molecule has 0 saturated carbocycles. The van der Waals surface area contributed by atoms with E-state index in [1.165, 1.54) is 7.05 Å². The number of aliphatic carboxylic acids is 2. The normalized spacial score (nSPS) is 14.9. The molecule has 1 unspecified atom stereocenters. The van der Waals surface area contributed by atoms with E-state index < -0.39 is 29.7 Å². The van der Waals surface area contributed by atoms with Crippen LogP contribution in [0.2, 0.25) is 0 Å². The Kier molecular flexibility index (Phi) is 4.19. The van der Waals surface area contributed by atoms with Crippen LogP contribution in [-0.4, -0.2) is 46.0 Å². The molecule has 0 aliphatic heterocycles. The molecule has 2 atom stereocenters. The van der Waals surface area contributed by atoms with Crippen molar-refractivity contribution >= 4 is 17.7 Å². The van der Waals surface area contributed by atoms with E-state index >= 15 is 0 Å². The van der Waals surface area contributed by atoms with Gasteiger partial charge in [-0.25, -0.2) is 5.01 Å². The zero-order valence-corrected chi connectivity index (χ0v) is 7.80. The molecule has 0 aliphatic carbocycles. The number of carbonyl (C=O) groups excluding carboxylic acids is 1. The second-order valence-corrected chi connectivity index (χ2v) is 2.88. The summed E-state index contributed by atoms with van der Waals surface area (Å²) in [6, 6.07) is -1.55. The summed E-state index contributed by atoms with van der Waals surface area (Å²) < 4.78 is 0. The van der Waals surface area contributed by atoms with E-state index in [0.717, 1.165) is 6.92 Å². The highest BCUT2D eigenvalue weighted by Gasteiger charge is 2.39. The molecule has 7 heteroatoms. The fraction of sp³-hybridized carbons (Fsp3) is 0.571. The van der Waals surface area contributed by atoms with Crippen LogP contribution in [0.3, 0.4) is 0 Å². The molecule has 0 amide bonds. The molecule has 0 aliphatic rings. The molecule has 0 aromatic rings. The molecule has 0 aromatic heterocycles. The Bertz CT molecular complexity index is 249. The summed E-state index contributed by atoms with van der Waals surface area (Å²) in [5, 5.41) is 18.0. The van der Waals surface area contributed by atoms with Gasteiger partial charge in [0.15, 0.2) is 0 Å². The predicted octanol–water partition coefficient (Wildman–Crippen LogP) is -1.47. The molecule has 0 bridgehead atoms. The lowest BCUT2D eigenvalue weighted by molar-refractivity contribution is -0.158. The molecule has 0 rings (SSSR count). The topological polar surface area (TPSA) is 121 Å². The highest BCUT2D eigenvalue weighted by molar-refractivity contribution is 6.01. The molecule has 0 spiro atoms. The van der Waals surface area contributed by atoms with Crippen LogP contribution < -0.4 is 5.84 Å². The highest BCUT2D eigenvalue weighted by atomic mass is 16.4. The van der Waals surface area contributed by atoms with Gasteiger partial charge >= 0.3 is 11.9 Å². The Morgan fingerprint density at radius 2 is 1.64 bits per heavy atom. The lowest BCUT2D eigenvalue weighted by atomic mass is 9.96. The van der Waals surface area contributed by atoms with Crippen molar-refractivity contribution in [1.29, 1.82) is 0 Å². The lowest BCUT2D eigenvalue weighted by Gasteiger charge is -2.23. The van der Waals surface area contributed by atoms with E-state index in [1.807, 2.05) is 0 Å². The first kappa shape index (κ1) is 12.5. The number of hydrogen-bond donors (Lipinski definition) is 3. The fourth-order valence-corrected chi connectivity index (χ4v) is 1.08. The van der Waals surface area contributed by atoms with E-state index in [9.17, 15) is 14.4 Å². The van der Waals surface area contributed by atoms with Gasteiger partial charge in [0, 0.05) is 7.05 Å². The summed E-state index contributed by atoms with van der Waals surface area (Å²) in [4.78, 5) is 32.2. The van der Waals surface area contributed by atoms with Gasteiger partial charge in [-0.2, -0.15) is 0 Å². The van der Waals surface area contributed by atoms with Crippen molar-refractivity contribution < 1.29 is 24.6 Å². The smallest absolute Gasteiger partial charge is 0.323 e. The van der Waals surface area contributed by atoms with Gasteiger partial charge in [-0.05, 0) is 6.92 Å². The Hall–Kier alpha value is -1.47. The average Bonchev–Trinajstić information content (AvgIpc) is 1.96. The number of nitrogens with zero attached hydrogens (tertiary/aromatic N) is 1. The molecule has 0 heterocycles. The minimum atomic E-state index is -1.65. The summed E-state index contributed by atoms with van der Waals surface area (Å²) in [5.41, 5.74) is 0. The number of nitrogens with two attached hydrogens (primary N) is 1. The monoisotopic (exact) mass is 204 g/mol. The summed E-state index contributed by atoms with van der Waals surface area (Å²) in [6.45, 7) is 1.01. The number of carboxylic acids is 2. The van der Waals surface area contributed by atoms with Crippen molar-refractivity contribution in [3.05, 3.63) is 0 Å². The van der Waals surface area contributed by atoms with Crippen LogP contribution in [0, 0.1) is 5.92 Å². The Balaban J connectivity index is 5.03. The Morgan fingerprint density at radius 3 is 1.71 bits per heavy atom. The van der Waals surface area contributed by atoms with Crippen molar-refractivity contribution in [2.24, 2.45) is 11.8 Å². The third-order valence-electron chi connectivity index (χ3n) is 1.71. The van der Waals surface area contributed by atoms with Gasteiger partial charge in [0.25, 0.3) is 0 Å². The van der Waals surface area contributed by atoms with Crippen LogP contribution in [-0.2, 0) is 14.4 Å². The molecule has 0 fully saturated rings. The van der Waals surface area contributed by atoms with Gasteiger partial charge in [0.05, 0.1) is 0 Å². The van der Waals surface area contributed by atoms with Gasteiger partial charge in [-0.1, -0.05) is 0 Å². The van der Waals surface area contributed by atoms with Crippen LogP contribution in [0.25, 0.3) is 0 Å². The third-order valence-corrected chi connectivity index (χ3v) is 1.71. The van der Waals surface area contributed by atoms with E-state index in [4.69, 9.17) is 16.1 Å². The van der Waals surface area contributed by atoms with Crippen molar-refractivity contribution in [3.63, 3.8) is 0 Å². The number of ketones is 1. The molecule has 80 valence electrons. The van der Waals surface area contributed by atoms with Crippen LogP contribution in [0.1, 0.15) is 6.92 Å². The maximum absolute atomic E-state index is 10.9. The second kappa shape index (κ2) is 4.68. The van der Waals surface area contributed by atoms with Crippen molar-refractivity contribution in [2.75, 3.05) is 7.05 Å². The average molecular weight is 204 g/mol. The Morgan fingerprint density at radius 1 is 1.21 bits per heavy atom. The number of hydrazine groups is 1. The zero-order chi connectivity index (χ0) is 11.5. The SMILES string of the molecule is CC(=O)C(C(=O)O)[C@@H](C(=O)O)N(C)N. The minimum Gasteiger partial charge on any atom is -0.481 e. The number of carboxylic acid groups (broad SMARTS) is 2. The molecule has 0 radical (unpaired) electrons. The van der Waals surface area contributed by atoms with E-state index in [1.54, 1.807) is 0 Å². The number of rotatable bonds is 5. The fourth-order valence-electron chi connectivity index (χ4n) is 1.08. The standard InChI is InChI=1S/C7H12N2O5/c1-3(10)4(6(11)12)5(7(13)14)9(2)8/h4-5H,8H2,1-2H3,(H,11,12)(H,13,14)/t4?,5-/m0/s1. The minimum absolute atomic E-state index is 0.697.